The van der Waals surface area contributed by atoms with Gasteiger partial charge in [0, 0.05) is 26.2 Å². The van der Waals surface area contributed by atoms with Crippen LogP contribution in [0.3, 0.4) is 0 Å². The number of rotatable bonds is 11. The van der Waals surface area contributed by atoms with Crippen molar-refractivity contribution in [1.82, 2.24) is 9.80 Å². The van der Waals surface area contributed by atoms with Crippen LogP contribution in [0.5, 0.6) is 0 Å². The van der Waals surface area contributed by atoms with Gasteiger partial charge in [-0.25, -0.2) is 0 Å². The topological polar surface area (TPSA) is 40.6 Å². The molecular weight excluding hydrogens is 312 g/mol. The van der Waals surface area contributed by atoms with E-state index in [-0.39, 0.29) is 11.8 Å². The van der Waals surface area contributed by atoms with Crippen molar-refractivity contribution in [2.24, 2.45) is 0 Å². The Morgan fingerprint density at radius 2 is 1.08 bits per heavy atom. The standard InChI is InChI=1S/C21H34N2O2/c1-5-14-22(15-6-2)20(24)19(18-12-10-9-11-13-18)21(25)23(16-7-3)17-8-4/h9-13,19H,5-8,14-17H2,1-4H3. The molecule has 2 amide bonds. The Labute approximate surface area is 153 Å². The first kappa shape index (κ1) is 21.2. The van der Waals surface area contributed by atoms with Gasteiger partial charge >= 0.3 is 0 Å². The van der Waals surface area contributed by atoms with Crippen molar-refractivity contribution in [2.75, 3.05) is 26.2 Å². The third-order valence-corrected chi connectivity index (χ3v) is 4.22. The number of hydrogen-bond acceptors (Lipinski definition) is 2. The highest BCUT2D eigenvalue weighted by Gasteiger charge is 2.34. The molecule has 1 aromatic rings. The van der Waals surface area contributed by atoms with Crippen LogP contribution in [0.2, 0.25) is 0 Å². The largest absolute Gasteiger partial charge is 0.342 e. The van der Waals surface area contributed by atoms with Crippen molar-refractivity contribution < 1.29 is 9.59 Å². The Morgan fingerprint density at radius 1 is 0.720 bits per heavy atom. The number of nitrogens with zero attached hydrogens (tertiary/aromatic N) is 2. The zero-order chi connectivity index (χ0) is 18.7. The molecule has 1 aromatic carbocycles. The predicted molar refractivity (Wildman–Crippen MR) is 104 cm³/mol. The minimum Gasteiger partial charge on any atom is -0.342 e. The van der Waals surface area contributed by atoms with Gasteiger partial charge in [-0.1, -0.05) is 58.0 Å². The van der Waals surface area contributed by atoms with Gasteiger partial charge in [0.05, 0.1) is 0 Å². The molecule has 1 rings (SSSR count). The highest BCUT2D eigenvalue weighted by molar-refractivity contribution is 6.05. The van der Waals surface area contributed by atoms with Crippen LogP contribution in [0.25, 0.3) is 0 Å². The maximum atomic E-state index is 13.3. The summed E-state index contributed by atoms with van der Waals surface area (Å²) in [5.41, 5.74) is 0.798. The van der Waals surface area contributed by atoms with Gasteiger partial charge in [-0.05, 0) is 31.2 Å². The normalized spacial score (nSPS) is 10.8. The van der Waals surface area contributed by atoms with Crippen molar-refractivity contribution in [3.05, 3.63) is 35.9 Å². The Bertz CT molecular complexity index is 476. The summed E-state index contributed by atoms with van der Waals surface area (Å²) in [7, 11) is 0. The highest BCUT2D eigenvalue weighted by Crippen LogP contribution is 2.22. The van der Waals surface area contributed by atoms with Crippen molar-refractivity contribution in [1.29, 1.82) is 0 Å². The molecule has 0 radical (unpaired) electrons. The molecular formula is C21H34N2O2. The van der Waals surface area contributed by atoms with Gasteiger partial charge in [-0.15, -0.1) is 0 Å². The molecule has 0 saturated heterocycles. The Morgan fingerprint density at radius 3 is 1.40 bits per heavy atom. The van der Waals surface area contributed by atoms with E-state index in [0.717, 1.165) is 31.2 Å². The molecule has 0 spiro atoms. The van der Waals surface area contributed by atoms with Crippen molar-refractivity contribution in [3.8, 4) is 0 Å². The molecule has 0 aliphatic heterocycles. The lowest BCUT2D eigenvalue weighted by molar-refractivity contribution is -0.143. The molecule has 0 bridgehead atoms. The molecule has 0 unspecified atom stereocenters. The van der Waals surface area contributed by atoms with E-state index in [2.05, 4.69) is 27.7 Å². The second kappa shape index (κ2) is 11.7. The fourth-order valence-electron chi connectivity index (χ4n) is 3.15. The van der Waals surface area contributed by atoms with Gasteiger partial charge in [0.1, 0.15) is 5.92 Å². The molecule has 4 nitrogen and oxygen atoms in total. The third kappa shape index (κ3) is 6.18. The zero-order valence-electron chi connectivity index (χ0n) is 16.3. The molecule has 0 N–H and O–H groups in total. The number of benzene rings is 1. The second-order valence-electron chi connectivity index (χ2n) is 6.49. The smallest absolute Gasteiger partial charge is 0.239 e. The minimum atomic E-state index is -0.725. The maximum Gasteiger partial charge on any atom is 0.239 e. The van der Waals surface area contributed by atoms with Crippen LogP contribution < -0.4 is 0 Å². The minimum absolute atomic E-state index is 0.0582. The summed E-state index contributed by atoms with van der Waals surface area (Å²) in [5.74, 6) is -0.841. The molecule has 140 valence electrons. The number of amides is 2. The van der Waals surface area contributed by atoms with Gasteiger partial charge < -0.3 is 9.80 Å². The van der Waals surface area contributed by atoms with Crippen LogP contribution in [0.15, 0.2) is 30.3 Å². The van der Waals surface area contributed by atoms with E-state index in [1.807, 2.05) is 40.1 Å². The number of carbonyl (C=O) groups is 2. The first-order valence-electron chi connectivity index (χ1n) is 9.73. The molecule has 25 heavy (non-hydrogen) atoms. The zero-order valence-corrected chi connectivity index (χ0v) is 16.3. The van der Waals surface area contributed by atoms with Gasteiger partial charge in [0.15, 0.2) is 0 Å². The average Bonchev–Trinajstić information content (AvgIpc) is 2.62. The summed E-state index contributed by atoms with van der Waals surface area (Å²) < 4.78 is 0. The molecule has 0 aliphatic carbocycles. The van der Waals surface area contributed by atoms with Gasteiger partial charge in [0.2, 0.25) is 11.8 Å². The Balaban J connectivity index is 3.19. The SMILES string of the molecule is CCCN(CCC)C(=O)C(C(=O)N(CCC)CCC)c1ccccc1. The maximum absolute atomic E-state index is 13.3. The summed E-state index contributed by atoms with van der Waals surface area (Å²) >= 11 is 0. The van der Waals surface area contributed by atoms with Crippen molar-refractivity contribution in [3.63, 3.8) is 0 Å². The lowest BCUT2D eigenvalue weighted by Crippen LogP contribution is -2.45. The molecule has 0 atom stereocenters. The molecule has 0 heterocycles. The lowest BCUT2D eigenvalue weighted by Gasteiger charge is -2.30. The summed E-state index contributed by atoms with van der Waals surface area (Å²) in [5, 5.41) is 0. The predicted octanol–water partition coefficient (Wildman–Crippen LogP) is 4.07. The van der Waals surface area contributed by atoms with Gasteiger partial charge in [-0.3, -0.25) is 9.59 Å². The molecule has 4 heteroatoms. The number of carbonyl (C=O) groups excluding carboxylic acids is 2. The van der Waals surface area contributed by atoms with Crippen LogP contribution >= 0.6 is 0 Å². The van der Waals surface area contributed by atoms with E-state index < -0.39 is 5.92 Å². The van der Waals surface area contributed by atoms with Gasteiger partial charge in [-0.2, -0.15) is 0 Å². The van der Waals surface area contributed by atoms with Crippen molar-refractivity contribution in [2.45, 2.75) is 59.3 Å². The Kier molecular flexibility index (Phi) is 9.90. The first-order chi connectivity index (χ1) is 12.1. The summed E-state index contributed by atoms with van der Waals surface area (Å²) in [4.78, 5) is 30.2. The lowest BCUT2D eigenvalue weighted by atomic mass is 9.95. The fourth-order valence-corrected chi connectivity index (χ4v) is 3.15. The van der Waals surface area contributed by atoms with E-state index in [9.17, 15) is 9.59 Å². The van der Waals surface area contributed by atoms with E-state index >= 15 is 0 Å². The van der Waals surface area contributed by atoms with Gasteiger partial charge in [0.25, 0.3) is 0 Å². The summed E-state index contributed by atoms with van der Waals surface area (Å²) in [6, 6.07) is 9.51. The van der Waals surface area contributed by atoms with Crippen LogP contribution in [0.4, 0.5) is 0 Å². The third-order valence-electron chi connectivity index (χ3n) is 4.22. The summed E-state index contributed by atoms with van der Waals surface area (Å²) in [6.45, 7) is 11.1. The van der Waals surface area contributed by atoms with Crippen LogP contribution in [0.1, 0.15) is 64.9 Å². The second-order valence-corrected chi connectivity index (χ2v) is 6.49. The van der Waals surface area contributed by atoms with E-state index in [1.54, 1.807) is 0 Å². The summed E-state index contributed by atoms with van der Waals surface area (Å²) in [6.07, 6.45) is 3.59. The average molecular weight is 347 g/mol. The quantitative estimate of drug-likeness (QED) is 0.567. The molecule has 0 aliphatic rings. The Hall–Kier alpha value is -1.84. The van der Waals surface area contributed by atoms with Crippen molar-refractivity contribution >= 4 is 11.8 Å². The fraction of sp³-hybridized carbons (Fsp3) is 0.619. The van der Waals surface area contributed by atoms with Crippen LogP contribution in [0, 0.1) is 0 Å². The van der Waals surface area contributed by atoms with E-state index in [0.29, 0.717) is 26.2 Å². The van der Waals surface area contributed by atoms with Crippen LogP contribution in [-0.4, -0.2) is 47.8 Å². The molecule has 0 aromatic heterocycles. The monoisotopic (exact) mass is 346 g/mol. The molecule has 0 saturated carbocycles. The van der Waals surface area contributed by atoms with E-state index in [1.165, 1.54) is 0 Å². The highest BCUT2D eigenvalue weighted by atomic mass is 16.2. The van der Waals surface area contributed by atoms with Crippen LogP contribution in [-0.2, 0) is 9.59 Å². The first-order valence-corrected chi connectivity index (χ1v) is 9.73. The van der Waals surface area contributed by atoms with E-state index in [4.69, 9.17) is 0 Å². The molecule has 0 fully saturated rings. The number of hydrogen-bond donors (Lipinski definition) is 0.